The normalized spacial score (nSPS) is 18.0. The van der Waals surface area contributed by atoms with Crippen LogP contribution in [0.1, 0.15) is 50.3 Å². The maximum absolute atomic E-state index is 3.72. The van der Waals surface area contributed by atoms with E-state index in [1.54, 1.807) is 16.8 Å². The molecule has 2 heteroatoms. The van der Waals surface area contributed by atoms with E-state index in [2.05, 4.69) is 41.1 Å². The number of hydrogen-bond acceptors (Lipinski definition) is 1. The summed E-state index contributed by atoms with van der Waals surface area (Å²) in [5.41, 5.74) is 7.51. The van der Waals surface area contributed by atoms with Gasteiger partial charge in [0.05, 0.1) is 11.4 Å². The monoisotopic (exact) mass is 280 g/mol. The second-order valence-electron chi connectivity index (χ2n) is 6.42. The summed E-state index contributed by atoms with van der Waals surface area (Å²) in [6.45, 7) is 4.72. The predicted octanol–water partition coefficient (Wildman–Crippen LogP) is 4.72. The van der Waals surface area contributed by atoms with E-state index in [-0.39, 0.29) is 0 Å². The molecule has 1 aromatic carbocycles. The van der Waals surface area contributed by atoms with Crippen LogP contribution in [0.4, 0.5) is 0 Å². The maximum Gasteiger partial charge on any atom is 0.0661 e. The Labute approximate surface area is 126 Å². The number of hydrogen-bond donors (Lipinski definition) is 1. The highest BCUT2D eigenvalue weighted by Crippen LogP contribution is 2.39. The van der Waals surface area contributed by atoms with Gasteiger partial charge in [0, 0.05) is 24.0 Å². The van der Waals surface area contributed by atoms with E-state index < -0.39 is 0 Å². The lowest BCUT2D eigenvalue weighted by molar-refractivity contribution is 0.360. The summed E-state index contributed by atoms with van der Waals surface area (Å²) in [6.07, 6.45) is 7.69. The SMILES string of the molecule is CCCCC1=C2c3[nH]c4ccccc4c3CCN2CCC1. The van der Waals surface area contributed by atoms with Gasteiger partial charge in [0.25, 0.3) is 0 Å². The van der Waals surface area contributed by atoms with E-state index in [0.29, 0.717) is 0 Å². The fraction of sp³-hybridized carbons (Fsp3) is 0.474. The lowest BCUT2D eigenvalue weighted by Crippen LogP contribution is -2.33. The molecule has 21 heavy (non-hydrogen) atoms. The Balaban J connectivity index is 1.88. The maximum atomic E-state index is 3.72. The summed E-state index contributed by atoms with van der Waals surface area (Å²) < 4.78 is 0. The molecule has 2 aliphatic heterocycles. The zero-order chi connectivity index (χ0) is 14.2. The van der Waals surface area contributed by atoms with Gasteiger partial charge in [-0.3, -0.25) is 0 Å². The van der Waals surface area contributed by atoms with Crippen LogP contribution in [0, 0.1) is 0 Å². The molecule has 0 atom stereocenters. The van der Waals surface area contributed by atoms with Crippen LogP contribution in [0.5, 0.6) is 0 Å². The first-order valence-electron chi connectivity index (χ1n) is 8.45. The zero-order valence-electron chi connectivity index (χ0n) is 12.9. The molecule has 2 nitrogen and oxygen atoms in total. The summed E-state index contributed by atoms with van der Waals surface area (Å²) in [5, 5.41) is 1.43. The van der Waals surface area contributed by atoms with Crippen LogP contribution in [0.15, 0.2) is 29.8 Å². The number of rotatable bonds is 3. The number of aromatic amines is 1. The van der Waals surface area contributed by atoms with Crippen molar-refractivity contribution in [1.82, 2.24) is 9.88 Å². The molecule has 0 fully saturated rings. The lowest BCUT2D eigenvalue weighted by Gasteiger charge is -2.37. The molecule has 0 aliphatic carbocycles. The molecular weight excluding hydrogens is 256 g/mol. The quantitative estimate of drug-likeness (QED) is 0.862. The van der Waals surface area contributed by atoms with Gasteiger partial charge in [0.1, 0.15) is 0 Å². The average Bonchev–Trinajstić information content (AvgIpc) is 2.91. The van der Waals surface area contributed by atoms with Crippen molar-refractivity contribution in [3.63, 3.8) is 0 Å². The van der Waals surface area contributed by atoms with Crippen molar-refractivity contribution in [2.24, 2.45) is 0 Å². The van der Waals surface area contributed by atoms with E-state index >= 15 is 0 Å². The topological polar surface area (TPSA) is 19.0 Å². The van der Waals surface area contributed by atoms with E-state index in [4.69, 9.17) is 0 Å². The number of nitrogens with one attached hydrogen (secondary N) is 1. The largest absolute Gasteiger partial charge is 0.370 e. The van der Waals surface area contributed by atoms with Crippen LogP contribution in [0.25, 0.3) is 16.6 Å². The first-order valence-corrected chi connectivity index (χ1v) is 8.45. The Hall–Kier alpha value is -1.70. The summed E-state index contributed by atoms with van der Waals surface area (Å²) >= 11 is 0. The van der Waals surface area contributed by atoms with Crippen LogP contribution in [-0.4, -0.2) is 23.0 Å². The average molecular weight is 280 g/mol. The van der Waals surface area contributed by atoms with Crippen molar-refractivity contribution in [3.05, 3.63) is 41.1 Å². The van der Waals surface area contributed by atoms with Crippen LogP contribution in [0.3, 0.4) is 0 Å². The third-order valence-corrected chi connectivity index (χ3v) is 5.07. The highest BCUT2D eigenvalue weighted by atomic mass is 15.2. The first kappa shape index (κ1) is 13.0. The number of H-pyrrole nitrogens is 1. The Kier molecular flexibility index (Phi) is 3.25. The molecule has 1 N–H and O–H groups in total. The van der Waals surface area contributed by atoms with Gasteiger partial charge in [0.2, 0.25) is 0 Å². The van der Waals surface area contributed by atoms with Gasteiger partial charge in [-0.25, -0.2) is 0 Å². The molecule has 0 amide bonds. The lowest BCUT2D eigenvalue weighted by atomic mass is 9.90. The second kappa shape index (κ2) is 5.25. The van der Waals surface area contributed by atoms with Gasteiger partial charge in [-0.2, -0.15) is 0 Å². The highest BCUT2D eigenvalue weighted by Gasteiger charge is 2.29. The van der Waals surface area contributed by atoms with Crippen molar-refractivity contribution in [2.75, 3.05) is 13.1 Å². The van der Waals surface area contributed by atoms with Crippen molar-refractivity contribution in [1.29, 1.82) is 0 Å². The number of allylic oxidation sites excluding steroid dienone is 1. The fourth-order valence-corrected chi connectivity index (χ4v) is 4.04. The second-order valence-corrected chi connectivity index (χ2v) is 6.42. The molecule has 2 aromatic rings. The van der Waals surface area contributed by atoms with Crippen molar-refractivity contribution in [2.45, 2.75) is 45.4 Å². The van der Waals surface area contributed by atoms with Crippen molar-refractivity contribution < 1.29 is 0 Å². The van der Waals surface area contributed by atoms with Crippen LogP contribution in [0.2, 0.25) is 0 Å². The third-order valence-electron chi connectivity index (χ3n) is 5.07. The molecular formula is C19H24N2. The van der Waals surface area contributed by atoms with Gasteiger partial charge < -0.3 is 9.88 Å². The first-order chi connectivity index (χ1) is 10.4. The molecule has 0 bridgehead atoms. The number of aromatic nitrogens is 1. The Morgan fingerprint density at radius 1 is 1.14 bits per heavy atom. The van der Waals surface area contributed by atoms with Crippen molar-refractivity contribution in [3.8, 4) is 0 Å². The van der Waals surface area contributed by atoms with Gasteiger partial charge in [0.15, 0.2) is 0 Å². The summed E-state index contributed by atoms with van der Waals surface area (Å²) in [6, 6.07) is 8.79. The van der Waals surface area contributed by atoms with E-state index in [9.17, 15) is 0 Å². The van der Waals surface area contributed by atoms with E-state index in [0.717, 1.165) is 0 Å². The molecule has 0 radical (unpaired) electrons. The summed E-state index contributed by atoms with van der Waals surface area (Å²) in [7, 11) is 0. The molecule has 3 heterocycles. The minimum absolute atomic E-state index is 1.18. The van der Waals surface area contributed by atoms with Gasteiger partial charge in [-0.05, 0) is 49.3 Å². The molecule has 4 rings (SSSR count). The van der Waals surface area contributed by atoms with Crippen LogP contribution in [-0.2, 0) is 6.42 Å². The Bertz CT molecular complexity index is 693. The Morgan fingerprint density at radius 2 is 2.05 bits per heavy atom. The fourth-order valence-electron chi connectivity index (χ4n) is 4.04. The van der Waals surface area contributed by atoms with Gasteiger partial charge in [-0.15, -0.1) is 0 Å². The Morgan fingerprint density at radius 3 is 2.95 bits per heavy atom. The minimum Gasteiger partial charge on any atom is -0.370 e. The molecule has 110 valence electrons. The molecule has 1 aromatic heterocycles. The number of nitrogens with zero attached hydrogens (tertiary/aromatic N) is 1. The molecule has 0 saturated heterocycles. The van der Waals surface area contributed by atoms with E-state index in [1.165, 1.54) is 68.2 Å². The number of para-hydroxylation sites is 1. The molecule has 2 aliphatic rings. The van der Waals surface area contributed by atoms with Crippen molar-refractivity contribution >= 4 is 16.6 Å². The summed E-state index contributed by atoms with van der Waals surface area (Å²) in [5.74, 6) is 0. The molecule has 0 spiro atoms. The standard InChI is InChI=1S/C19H24N2/c1-2-3-7-14-8-6-12-21-13-11-16-15-9-4-5-10-17(15)20-18(16)19(14)21/h4-5,9-10,20H,2-3,6-8,11-13H2,1H3. The third kappa shape index (κ3) is 2.08. The number of unbranched alkanes of at least 4 members (excludes halogenated alkanes) is 1. The van der Waals surface area contributed by atoms with E-state index in [1.807, 2.05) is 0 Å². The zero-order valence-corrected chi connectivity index (χ0v) is 12.9. The van der Waals surface area contributed by atoms with Crippen LogP contribution < -0.4 is 0 Å². The molecule has 0 unspecified atom stereocenters. The van der Waals surface area contributed by atoms with Gasteiger partial charge in [-0.1, -0.05) is 31.5 Å². The minimum atomic E-state index is 1.18. The smallest absolute Gasteiger partial charge is 0.0661 e. The number of benzene rings is 1. The predicted molar refractivity (Wildman–Crippen MR) is 89.3 cm³/mol. The molecule has 0 saturated carbocycles. The van der Waals surface area contributed by atoms with Gasteiger partial charge >= 0.3 is 0 Å². The van der Waals surface area contributed by atoms with Crippen LogP contribution >= 0.6 is 0 Å². The highest BCUT2D eigenvalue weighted by molar-refractivity contribution is 5.90. The number of fused-ring (bicyclic) bond motifs is 5. The summed E-state index contributed by atoms with van der Waals surface area (Å²) in [4.78, 5) is 6.35.